The number of ether oxygens (including phenoxy) is 1. The van der Waals surface area contributed by atoms with E-state index < -0.39 is 0 Å². The van der Waals surface area contributed by atoms with E-state index >= 15 is 0 Å². The van der Waals surface area contributed by atoms with Gasteiger partial charge in [0.25, 0.3) is 0 Å². The summed E-state index contributed by atoms with van der Waals surface area (Å²) in [6.45, 7) is 3.70. The van der Waals surface area contributed by atoms with Gasteiger partial charge < -0.3 is 15.4 Å². The summed E-state index contributed by atoms with van der Waals surface area (Å²) in [5.41, 5.74) is 1.58. The van der Waals surface area contributed by atoms with Crippen molar-refractivity contribution in [2.45, 2.75) is 13.8 Å². The topological polar surface area (TPSA) is 63.2 Å². The van der Waals surface area contributed by atoms with E-state index in [2.05, 4.69) is 15.6 Å². The molecule has 0 aliphatic heterocycles. The van der Waals surface area contributed by atoms with E-state index in [0.717, 1.165) is 17.2 Å². The maximum absolute atomic E-state index is 11.7. The Kier molecular flexibility index (Phi) is 5.49. The molecule has 2 aromatic carbocycles. The summed E-state index contributed by atoms with van der Waals surface area (Å²) in [7, 11) is 0. The molecule has 26 heavy (non-hydrogen) atoms. The van der Waals surface area contributed by atoms with Crippen molar-refractivity contribution in [3.63, 3.8) is 0 Å². The first-order valence-corrected chi connectivity index (χ1v) is 8.47. The third kappa shape index (κ3) is 4.83. The smallest absolute Gasteiger partial charge is 0.226 e. The number of nitrogens with one attached hydrogen (secondary N) is 2. The fraction of sp³-hybridized carbons (Fsp3) is 0.143. The van der Waals surface area contributed by atoms with Crippen LogP contribution in [-0.2, 0) is 4.79 Å². The molecule has 0 saturated heterocycles. The third-order valence-electron chi connectivity index (χ3n) is 3.66. The number of benzene rings is 2. The molecule has 0 radical (unpaired) electrons. The van der Waals surface area contributed by atoms with E-state index in [9.17, 15) is 4.79 Å². The summed E-state index contributed by atoms with van der Waals surface area (Å²) >= 11 is 0. The Bertz CT molecular complexity index is 845. The molecule has 1 aromatic heterocycles. The number of nitrogens with zero attached hydrogens (tertiary/aromatic N) is 1. The normalized spacial score (nSPS) is 10.4. The molecule has 0 atom stereocenters. The molecule has 5 nitrogen and oxygen atoms in total. The minimum Gasteiger partial charge on any atom is -0.457 e. The van der Waals surface area contributed by atoms with Crippen molar-refractivity contribution in [2.75, 3.05) is 10.6 Å². The van der Waals surface area contributed by atoms with Gasteiger partial charge >= 0.3 is 0 Å². The zero-order chi connectivity index (χ0) is 18.4. The Balaban J connectivity index is 1.59. The summed E-state index contributed by atoms with van der Waals surface area (Å²) < 4.78 is 5.77. The van der Waals surface area contributed by atoms with Gasteiger partial charge in [-0.3, -0.25) is 4.79 Å². The van der Waals surface area contributed by atoms with Crippen LogP contribution in [0, 0.1) is 5.92 Å². The van der Waals surface area contributed by atoms with E-state index in [1.54, 1.807) is 6.20 Å². The van der Waals surface area contributed by atoms with E-state index in [4.69, 9.17) is 4.74 Å². The first-order valence-electron chi connectivity index (χ1n) is 8.47. The van der Waals surface area contributed by atoms with Crippen molar-refractivity contribution >= 4 is 23.1 Å². The lowest BCUT2D eigenvalue weighted by Gasteiger charge is -2.10. The van der Waals surface area contributed by atoms with Gasteiger partial charge in [-0.05, 0) is 48.5 Å². The average molecular weight is 347 g/mol. The number of hydrogen-bond donors (Lipinski definition) is 2. The van der Waals surface area contributed by atoms with Crippen molar-refractivity contribution < 1.29 is 9.53 Å². The van der Waals surface area contributed by atoms with Gasteiger partial charge in [0.2, 0.25) is 5.91 Å². The molecule has 3 rings (SSSR count). The Morgan fingerprint density at radius 2 is 1.54 bits per heavy atom. The number of carbonyl (C=O) groups is 1. The highest BCUT2D eigenvalue weighted by Crippen LogP contribution is 2.24. The minimum atomic E-state index is -0.0654. The molecular weight excluding hydrogens is 326 g/mol. The quantitative estimate of drug-likeness (QED) is 0.642. The number of anilines is 3. The summed E-state index contributed by atoms with van der Waals surface area (Å²) in [5.74, 6) is 2.17. The van der Waals surface area contributed by atoms with Gasteiger partial charge in [-0.25, -0.2) is 4.98 Å². The van der Waals surface area contributed by atoms with Crippen molar-refractivity contribution in [1.82, 2.24) is 4.98 Å². The molecule has 2 N–H and O–H groups in total. The van der Waals surface area contributed by atoms with Crippen molar-refractivity contribution in [3.05, 3.63) is 72.9 Å². The molecule has 3 aromatic rings. The summed E-state index contributed by atoms with van der Waals surface area (Å²) in [6.07, 6.45) is 1.63. The summed E-state index contributed by atoms with van der Waals surface area (Å²) in [5, 5.41) is 6.04. The van der Waals surface area contributed by atoms with Crippen molar-refractivity contribution in [2.24, 2.45) is 5.92 Å². The fourth-order valence-electron chi connectivity index (χ4n) is 2.21. The number of hydrogen-bond acceptors (Lipinski definition) is 4. The largest absolute Gasteiger partial charge is 0.457 e. The molecule has 5 heteroatoms. The highest BCUT2D eigenvalue weighted by Gasteiger charge is 2.07. The first-order chi connectivity index (χ1) is 12.6. The van der Waals surface area contributed by atoms with E-state index in [0.29, 0.717) is 11.5 Å². The summed E-state index contributed by atoms with van der Waals surface area (Å²) in [4.78, 5) is 16.0. The molecule has 1 heterocycles. The Hall–Kier alpha value is -3.34. The van der Waals surface area contributed by atoms with Crippen LogP contribution in [0.25, 0.3) is 0 Å². The molecular formula is C21H21N3O2. The number of carbonyl (C=O) groups excluding carboxylic acids is 1. The van der Waals surface area contributed by atoms with Crippen LogP contribution >= 0.6 is 0 Å². The van der Waals surface area contributed by atoms with Crippen LogP contribution < -0.4 is 15.4 Å². The van der Waals surface area contributed by atoms with Crippen LogP contribution in [0.15, 0.2) is 72.9 Å². The van der Waals surface area contributed by atoms with Gasteiger partial charge in [0.1, 0.15) is 17.3 Å². The SMILES string of the molecule is CC(C)C(=O)Nc1ccc(Nc2ccc(Oc3ccccc3)cc2)nc1. The highest BCUT2D eigenvalue weighted by atomic mass is 16.5. The van der Waals surface area contributed by atoms with Crippen LogP contribution in [0.3, 0.4) is 0 Å². The van der Waals surface area contributed by atoms with Crippen LogP contribution in [-0.4, -0.2) is 10.9 Å². The van der Waals surface area contributed by atoms with Crippen LogP contribution in [0.5, 0.6) is 11.5 Å². The first kappa shape index (κ1) is 17.5. The zero-order valence-electron chi connectivity index (χ0n) is 14.8. The Morgan fingerprint density at radius 1 is 0.885 bits per heavy atom. The van der Waals surface area contributed by atoms with Gasteiger partial charge in [0, 0.05) is 11.6 Å². The number of pyridine rings is 1. The number of aromatic nitrogens is 1. The van der Waals surface area contributed by atoms with Gasteiger partial charge in [-0.2, -0.15) is 0 Å². The van der Waals surface area contributed by atoms with Gasteiger partial charge in [-0.15, -0.1) is 0 Å². The standard InChI is InChI=1S/C21H21N3O2/c1-15(2)21(25)24-17-10-13-20(22-14-17)23-16-8-11-19(12-9-16)26-18-6-4-3-5-7-18/h3-15H,1-2H3,(H,22,23)(H,24,25). The number of amides is 1. The lowest BCUT2D eigenvalue weighted by molar-refractivity contribution is -0.118. The Morgan fingerprint density at radius 3 is 2.15 bits per heavy atom. The molecule has 0 aliphatic carbocycles. The molecule has 0 unspecified atom stereocenters. The third-order valence-corrected chi connectivity index (χ3v) is 3.66. The predicted molar refractivity (Wildman–Crippen MR) is 104 cm³/mol. The molecule has 0 saturated carbocycles. The van der Waals surface area contributed by atoms with Crippen LogP contribution in [0.4, 0.5) is 17.2 Å². The fourth-order valence-corrected chi connectivity index (χ4v) is 2.21. The van der Waals surface area contributed by atoms with Gasteiger partial charge in [0.05, 0.1) is 11.9 Å². The van der Waals surface area contributed by atoms with Crippen molar-refractivity contribution in [1.29, 1.82) is 0 Å². The molecule has 0 fully saturated rings. The van der Waals surface area contributed by atoms with E-state index in [1.165, 1.54) is 0 Å². The minimum absolute atomic E-state index is 0.0264. The maximum Gasteiger partial charge on any atom is 0.226 e. The molecule has 0 spiro atoms. The number of rotatable bonds is 6. The van der Waals surface area contributed by atoms with Gasteiger partial charge in [0.15, 0.2) is 0 Å². The average Bonchev–Trinajstić information content (AvgIpc) is 2.66. The lowest BCUT2D eigenvalue weighted by atomic mass is 10.2. The molecule has 0 bridgehead atoms. The number of para-hydroxylation sites is 1. The van der Waals surface area contributed by atoms with Crippen molar-refractivity contribution in [3.8, 4) is 11.5 Å². The Labute approximate surface area is 153 Å². The second kappa shape index (κ2) is 8.16. The predicted octanol–water partition coefficient (Wildman–Crippen LogP) is 5.21. The monoisotopic (exact) mass is 347 g/mol. The summed E-state index contributed by atoms with van der Waals surface area (Å²) in [6, 6.07) is 20.9. The molecule has 0 aliphatic rings. The highest BCUT2D eigenvalue weighted by molar-refractivity contribution is 5.91. The second-order valence-electron chi connectivity index (χ2n) is 6.14. The van der Waals surface area contributed by atoms with Gasteiger partial charge in [-0.1, -0.05) is 32.0 Å². The van der Waals surface area contributed by atoms with Crippen LogP contribution in [0.2, 0.25) is 0 Å². The molecule has 1 amide bonds. The van der Waals surface area contributed by atoms with E-state index in [-0.39, 0.29) is 11.8 Å². The van der Waals surface area contributed by atoms with Crippen LogP contribution in [0.1, 0.15) is 13.8 Å². The lowest BCUT2D eigenvalue weighted by Crippen LogP contribution is -2.17. The maximum atomic E-state index is 11.7. The van der Waals surface area contributed by atoms with E-state index in [1.807, 2.05) is 80.6 Å². The second-order valence-corrected chi connectivity index (χ2v) is 6.14. The molecule has 132 valence electrons. The zero-order valence-corrected chi connectivity index (χ0v) is 14.8.